The van der Waals surface area contributed by atoms with Crippen molar-refractivity contribution in [1.29, 1.82) is 0 Å². The average molecular weight is 341 g/mol. The smallest absolute Gasteiger partial charge is 0.237 e. The lowest BCUT2D eigenvalue weighted by atomic mass is 10.1. The molecule has 2 atom stereocenters. The maximum atomic E-state index is 12.1. The van der Waals surface area contributed by atoms with Gasteiger partial charge in [0.25, 0.3) is 0 Å². The van der Waals surface area contributed by atoms with Crippen molar-refractivity contribution in [2.75, 3.05) is 13.2 Å². The van der Waals surface area contributed by atoms with E-state index in [9.17, 15) is 4.79 Å². The Hall–Kier alpha value is -1.46. The Labute approximate surface area is 143 Å². The lowest BCUT2D eigenvalue weighted by molar-refractivity contribution is -0.122. The highest BCUT2D eigenvalue weighted by Gasteiger charge is 2.24. The lowest BCUT2D eigenvalue weighted by Crippen LogP contribution is -2.40. The van der Waals surface area contributed by atoms with Crippen molar-refractivity contribution in [3.63, 3.8) is 0 Å². The van der Waals surface area contributed by atoms with Crippen molar-refractivity contribution < 1.29 is 14.3 Å². The molecule has 1 fully saturated rings. The molecule has 0 aliphatic carbocycles. The number of hydrogen-bond donors (Lipinski definition) is 2. The van der Waals surface area contributed by atoms with Crippen LogP contribution in [0.4, 0.5) is 0 Å². The summed E-state index contributed by atoms with van der Waals surface area (Å²) >= 11 is 0. The number of benzene rings is 1. The van der Waals surface area contributed by atoms with E-state index in [-0.39, 0.29) is 30.5 Å². The number of carbonyl (C=O) groups is 1. The lowest BCUT2D eigenvalue weighted by Gasteiger charge is -2.15. The Kier molecular flexibility index (Phi) is 6.13. The molecule has 3 rings (SSSR count). The molecule has 1 aromatic rings. The third-order valence-electron chi connectivity index (χ3n) is 4.21. The van der Waals surface area contributed by atoms with Gasteiger partial charge in [0.05, 0.1) is 12.6 Å². The topological polar surface area (TPSA) is 59.6 Å². The number of nitrogens with one attached hydrogen (secondary N) is 2. The molecule has 0 spiro atoms. The molecule has 0 bridgehead atoms. The van der Waals surface area contributed by atoms with Crippen LogP contribution in [0.5, 0.6) is 11.5 Å². The minimum atomic E-state index is -0.0544. The highest BCUT2D eigenvalue weighted by atomic mass is 35.5. The summed E-state index contributed by atoms with van der Waals surface area (Å²) in [5.74, 6) is 1.83. The molecular weight excluding hydrogens is 316 g/mol. The summed E-state index contributed by atoms with van der Waals surface area (Å²) in [6.07, 6.45) is 3.09. The van der Waals surface area contributed by atoms with Crippen LogP contribution in [0.1, 0.15) is 37.8 Å². The third-order valence-corrected chi connectivity index (χ3v) is 4.21. The van der Waals surface area contributed by atoms with Gasteiger partial charge in [-0.3, -0.25) is 4.79 Å². The van der Waals surface area contributed by atoms with E-state index in [2.05, 4.69) is 23.6 Å². The van der Waals surface area contributed by atoms with Crippen molar-refractivity contribution >= 4 is 18.3 Å². The van der Waals surface area contributed by atoms with Gasteiger partial charge in [0.2, 0.25) is 5.91 Å². The Bertz CT molecular complexity index is 559. The van der Waals surface area contributed by atoms with Crippen LogP contribution in [0.15, 0.2) is 12.1 Å². The first-order valence-corrected chi connectivity index (χ1v) is 8.13. The molecule has 1 saturated heterocycles. The highest BCUT2D eigenvalue weighted by molar-refractivity contribution is 5.85. The Morgan fingerprint density at radius 1 is 1.48 bits per heavy atom. The fourth-order valence-electron chi connectivity index (χ4n) is 3.12. The van der Waals surface area contributed by atoms with Crippen molar-refractivity contribution in [2.45, 2.75) is 51.8 Å². The van der Waals surface area contributed by atoms with Gasteiger partial charge in [0.1, 0.15) is 17.6 Å². The molecule has 0 aromatic heterocycles. The van der Waals surface area contributed by atoms with E-state index >= 15 is 0 Å². The Morgan fingerprint density at radius 2 is 2.30 bits per heavy atom. The summed E-state index contributed by atoms with van der Waals surface area (Å²) in [6, 6.07) is 4.00. The van der Waals surface area contributed by atoms with Crippen LogP contribution in [-0.4, -0.2) is 31.2 Å². The minimum Gasteiger partial charge on any atom is -0.494 e. The summed E-state index contributed by atoms with van der Waals surface area (Å²) in [6.45, 7) is 6.04. The summed E-state index contributed by atoms with van der Waals surface area (Å²) in [7, 11) is 0. The van der Waals surface area contributed by atoms with Crippen molar-refractivity contribution in [3.8, 4) is 11.5 Å². The Balaban J connectivity index is 0.00000192. The van der Waals surface area contributed by atoms with Gasteiger partial charge >= 0.3 is 0 Å². The van der Waals surface area contributed by atoms with Gasteiger partial charge < -0.3 is 20.1 Å². The number of hydrogen-bond acceptors (Lipinski definition) is 4. The predicted octanol–water partition coefficient (Wildman–Crippen LogP) is 2.20. The number of rotatable bonds is 5. The van der Waals surface area contributed by atoms with Gasteiger partial charge in [-0.2, -0.15) is 0 Å². The third kappa shape index (κ3) is 4.09. The molecule has 2 N–H and O–H groups in total. The first-order chi connectivity index (χ1) is 10.7. The van der Waals surface area contributed by atoms with E-state index in [0.29, 0.717) is 13.2 Å². The summed E-state index contributed by atoms with van der Waals surface area (Å²) in [5.41, 5.74) is 2.16. The van der Waals surface area contributed by atoms with Crippen molar-refractivity contribution in [3.05, 3.63) is 23.3 Å². The van der Waals surface area contributed by atoms with Gasteiger partial charge in [-0.05, 0) is 45.4 Å². The highest BCUT2D eigenvalue weighted by Crippen LogP contribution is 2.35. The van der Waals surface area contributed by atoms with Crippen molar-refractivity contribution in [2.24, 2.45) is 0 Å². The molecule has 2 unspecified atom stereocenters. The van der Waals surface area contributed by atoms with E-state index in [0.717, 1.165) is 42.9 Å². The zero-order chi connectivity index (χ0) is 15.5. The normalized spacial score (nSPS) is 22.0. The van der Waals surface area contributed by atoms with E-state index in [1.165, 1.54) is 5.56 Å². The van der Waals surface area contributed by atoms with Gasteiger partial charge in [-0.25, -0.2) is 0 Å². The van der Waals surface area contributed by atoms with Gasteiger partial charge in [0.15, 0.2) is 0 Å². The molecule has 0 saturated carbocycles. The number of ether oxygens (including phenoxy) is 2. The van der Waals surface area contributed by atoms with Crippen LogP contribution in [0.25, 0.3) is 0 Å². The fraction of sp³-hybridized carbons (Fsp3) is 0.588. The minimum absolute atomic E-state index is 0. The molecule has 2 aliphatic heterocycles. The maximum absolute atomic E-state index is 12.1. The Morgan fingerprint density at radius 3 is 3.00 bits per heavy atom. The molecule has 0 radical (unpaired) electrons. The molecule has 1 aromatic carbocycles. The maximum Gasteiger partial charge on any atom is 0.237 e. The molecule has 128 valence electrons. The number of fused-ring (bicyclic) bond motifs is 1. The zero-order valence-corrected chi connectivity index (χ0v) is 14.5. The standard InChI is InChI=1S/C17H24N2O3.ClH/c1-3-21-15-8-12-7-11(2)22-16(12)9-13(15)10-19-17(20)14-5-4-6-18-14;/h8-9,11,14,18H,3-7,10H2,1-2H3,(H,19,20);1H. The molecule has 2 aliphatic rings. The van der Waals surface area contributed by atoms with E-state index < -0.39 is 0 Å². The van der Waals surface area contributed by atoms with Gasteiger partial charge in [0, 0.05) is 24.1 Å². The van der Waals surface area contributed by atoms with Crippen LogP contribution in [-0.2, 0) is 17.8 Å². The molecular formula is C17H25ClN2O3. The monoisotopic (exact) mass is 340 g/mol. The number of carbonyl (C=O) groups excluding carboxylic acids is 1. The van der Waals surface area contributed by atoms with Gasteiger partial charge in [-0.15, -0.1) is 12.4 Å². The number of amides is 1. The second kappa shape index (κ2) is 7.88. The predicted molar refractivity (Wildman–Crippen MR) is 91.5 cm³/mol. The van der Waals surface area contributed by atoms with E-state index in [1.54, 1.807) is 0 Å². The van der Waals surface area contributed by atoms with Crippen LogP contribution in [0.3, 0.4) is 0 Å². The van der Waals surface area contributed by atoms with Crippen LogP contribution in [0, 0.1) is 0 Å². The second-order valence-corrected chi connectivity index (χ2v) is 6.00. The van der Waals surface area contributed by atoms with Crippen LogP contribution >= 0.6 is 12.4 Å². The molecule has 23 heavy (non-hydrogen) atoms. The largest absolute Gasteiger partial charge is 0.494 e. The average Bonchev–Trinajstić information content (AvgIpc) is 3.13. The summed E-state index contributed by atoms with van der Waals surface area (Å²) < 4.78 is 11.5. The molecule has 1 amide bonds. The van der Waals surface area contributed by atoms with E-state index in [4.69, 9.17) is 9.47 Å². The first kappa shape index (κ1) is 17.9. The first-order valence-electron chi connectivity index (χ1n) is 8.13. The van der Waals surface area contributed by atoms with Gasteiger partial charge in [-0.1, -0.05) is 0 Å². The second-order valence-electron chi connectivity index (χ2n) is 6.00. The van der Waals surface area contributed by atoms with Crippen LogP contribution < -0.4 is 20.1 Å². The van der Waals surface area contributed by atoms with Crippen LogP contribution in [0.2, 0.25) is 0 Å². The molecule has 2 heterocycles. The molecule has 6 heteroatoms. The summed E-state index contributed by atoms with van der Waals surface area (Å²) in [5, 5.41) is 6.22. The molecule has 5 nitrogen and oxygen atoms in total. The SMILES string of the molecule is CCOc1cc2c(cc1CNC(=O)C1CCCN1)OC(C)C2.Cl. The van der Waals surface area contributed by atoms with E-state index in [1.807, 2.05) is 13.0 Å². The van der Waals surface area contributed by atoms with Crippen molar-refractivity contribution in [1.82, 2.24) is 10.6 Å². The quantitative estimate of drug-likeness (QED) is 0.862. The zero-order valence-electron chi connectivity index (χ0n) is 13.7. The fourth-order valence-corrected chi connectivity index (χ4v) is 3.12. The number of halogens is 1. The summed E-state index contributed by atoms with van der Waals surface area (Å²) in [4.78, 5) is 12.1.